The first-order valence-corrected chi connectivity index (χ1v) is 7.99. The summed E-state index contributed by atoms with van der Waals surface area (Å²) in [5.41, 5.74) is 2.68. The van der Waals surface area contributed by atoms with Crippen molar-refractivity contribution in [1.29, 1.82) is 0 Å². The maximum atomic E-state index is 10.2. The van der Waals surface area contributed by atoms with Gasteiger partial charge < -0.3 is 5.11 Å². The molecule has 1 heterocycles. The Morgan fingerprint density at radius 1 is 1.10 bits per heavy atom. The highest BCUT2D eigenvalue weighted by molar-refractivity contribution is 6.30. The van der Waals surface area contributed by atoms with Crippen LogP contribution in [-0.2, 0) is 0 Å². The average molecular weight is 292 g/mol. The highest BCUT2D eigenvalue weighted by Gasteiger charge is 2.29. The number of aliphatic hydroxyl groups is 1. The van der Waals surface area contributed by atoms with Crippen molar-refractivity contribution in [3.05, 3.63) is 40.9 Å². The summed E-state index contributed by atoms with van der Waals surface area (Å²) in [5.74, 6) is 0. The smallest absolute Gasteiger partial charge is 0.0695 e. The lowest BCUT2D eigenvalue weighted by molar-refractivity contribution is 0.0248. The number of halogens is 1. The van der Waals surface area contributed by atoms with E-state index < -0.39 is 0 Å². The van der Waals surface area contributed by atoms with Crippen molar-refractivity contribution in [3.63, 3.8) is 0 Å². The first-order valence-electron chi connectivity index (χ1n) is 7.61. The summed E-state index contributed by atoms with van der Waals surface area (Å²) in [6.45, 7) is 2.01. The van der Waals surface area contributed by atoms with Gasteiger partial charge >= 0.3 is 0 Å². The quantitative estimate of drug-likeness (QED) is 0.897. The first kappa shape index (κ1) is 14.1. The Morgan fingerprint density at radius 3 is 2.50 bits per heavy atom. The average Bonchev–Trinajstić information content (AvgIpc) is 2.49. The lowest BCUT2D eigenvalue weighted by Gasteiger charge is -2.39. The minimum absolute atomic E-state index is 0.130. The molecular weight excluding hydrogens is 270 g/mol. The normalized spacial score (nSPS) is 28.2. The highest BCUT2D eigenvalue weighted by atomic mass is 35.5. The maximum Gasteiger partial charge on any atom is 0.0695 e. The van der Waals surface area contributed by atoms with Crippen LogP contribution in [0.4, 0.5) is 0 Å². The molecule has 0 bridgehead atoms. The molecule has 1 fully saturated rings. The lowest BCUT2D eigenvalue weighted by Crippen LogP contribution is -2.47. The van der Waals surface area contributed by atoms with E-state index in [9.17, 15) is 5.11 Å². The van der Waals surface area contributed by atoms with Crippen molar-refractivity contribution in [3.8, 4) is 0 Å². The standard InChI is InChI=1S/C17H22ClNO/c18-15-7-5-13(6-8-15)14-9-11-19(12-10-14)16-3-1-2-4-17(16)20/h5-9,16-17,20H,1-4,10-12H2. The van der Waals surface area contributed by atoms with E-state index in [2.05, 4.69) is 23.1 Å². The molecule has 0 amide bonds. The second kappa shape index (κ2) is 6.30. The summed E-state index contributed by atoms with van der Waals surface area (Å²) in [5, 5.41) is 10.9. The molecule has 1 aromatic carbocycles. The van der Waals surface area contributed by atoms with E-state index in [-0.39, 0.29) is 6.10 Å². The molecule has 2 unspecified atom stereocenters. The summed E-state index contributed by atoms with van der Waals surface area (Å²) in [7, 11) is 0. The van der Waals surface area contributed by atoms with Crippen LogP contribution < -0.4 is 0 Å². The molecule has 2 atom stereocenters. The molecule has 3 heteroatoms. The van der Waals surface area contributed by atoms with Crippen molar-refractivity contribution >= 4 is 17.2 Å². The molecule has 0 saturated heterocycles. The Bertz CT molecular complexity index is 482. The number of nitrogens with zero attached hydrogens (tertiary/aromatic N) is 1. The number of benzene rings is 1. The van der Waals surface area contributed by atoms with Gasteiger partial charge in [-0.05, 0) is 42.5 Å². The van der Waals surface area contributed by atoms with Gasteiger partial charge in [-0.15, -0.1) is 0 Å². The van der Waals surface area contributed by atoms with Gasteiger partial charge in [0.2, 0.25) is 0 Å². The number of aliphatic hydroxyl groups excluding tert-OH is 1. The zero-order valence-corrected chi connectivity index (χ0v) is 12.5. The molecule has 2 aliphatic rings. The molecule has 1 aromatic rings. The summed E-state index contributed by atoms with van der Waals surface area (Å²) in [6, 6.07) is 8.47. The summed E-state index contributed by atoms with van der Waals surface area (Å²) < 4.78 is 0. The Hall–Kier alpha value is -0.830. The van der Waals surface area contributed by atoms with E-state index in [0.29, 0.717) is 6.04 Å². The van der Waals surface area contributed by atoms with Crippen molar-refractivity contribution in [2.24, 2.45) is 0 Å². The Kier molecular flexibility index (Phi) is 4.45. The van der Waals surface area contributed by atoms with E-state index in [1.807, 2.05) is 12.1 Å². The zero-order valence-electron chi connectivity index (χ0n) is 11.8. The van der Waals surface area contributed by atoms with Crippen molar-refractivity contribution in [2.75, 3.05) is 13.1 Å². The summed E-state index contributed by atoms with van der Waals surface area (Å²) in [6.07, 6.45) is 7.79. The molecule has 2 nitrogen and oxygen atoms in total. The Balaban J connectivity index is 1.66. The van der Waals surface area contributed by atoms with Gasteiger partial charge in [0.25, 0.3) is 0 Å². The lowest BCUT2D eigenvalue weighted by atomic mass is 9.89. The van der Waals surface area contributed by atoms with Crippen molar-refractivity contribution in [2.45, 2.75) is 44.2 Å². The number of rotatable bonds is 2. The molecule has 0 radical (unpaired) electrons. The van der Waals surface area contributed by atoms with E-state index in [4.69, 9.17) is 11.6 Å². The third-order valence-corrected chi connectivity index (χ3v) is 4.87. The van der Waals surface area contributed by atoms with Gasteiger partial charge in [0.15, 0.2) is 0 Å². The third kappa shape index (κ3) is 3.08. The highest BCUT2D eigenvalue weighted by Crippen LogP contribution is 2.28. The predicted octanol–water partition coefficient (Wildman–Crippen LogP) is 3.73. The van der Waals surface area contributed by atoms with Crippen molar-refractivity contribution in [1.82, 2.24) is 4.90 Å². The van der Waals surface area contributed by atoms with E-state index in [1.54, 1.807) is 0 Å². The van der Waals surface area contributed by atoms with Gasteiger partial charge in [-0.1, -0.05) is 42.7 Å². The van der Waals surface area contributed by atoms with Gasteiger partial charge in [0.05, 0.1) is 6.10 Å². The fourth-order valence-electron chi connectivity index (χ4n) is 3.43. The molecule has 1 saturated carbocycles. The molecule has 3 rings (SSSR count). The van der Waals surface area contributed by atoms with Gasteiger partial charge in [-0.3, -0.25) is 4.90 Å². The van der Waals surface area contributed by atoms with Crippen LogP contribution in [0.5, 0.6) is 0 Å². The number of hydrogen-bond donors (Lipinski definition) is 1. The first-order chi connectivity index (χ1) is 9.74. The van der Waals surface area contributed by atoms with Crippen LogP contribution in [0.1, 0.15) is 37.7 Å². The summed E-state index contributed by atoms with van der Waals surface area (Å²) in [4.78, 5) is 2.45. The zero-order chi connectivity index (χ0) is 13.9. The van der Waals surface area contributed by atoms with Crippen LogP contribution in [0.2, 0.25) is 5.02 Å². The third-order valence-electron chi connectivity index (χ3n) is 4.62. The molecule has 108 valence electrons. The predicted molar refractivity (Wildman–Crippen MR) is 83.9 cm³/mol. The van der Waals surface area contributed by atoms with Crippen LogP contribution in [0.25, 0.3) is 5.57 Å². The molecule has 20 heavy (non-hydrogen) atoms. The van der Waals surface area contributed by atoms with Gasteiger partial charge in [0.1, 0.15) is 0 Å². The van der Waals surface area contributed by atoms with E-state index >= 15 is 0 Å². The maximum absolute atomic E-state index is 10.2. The molecular formula is C17H22ClNO. The van der Waals surface area contributed by atoms with Crippen LogP contribution in [-0.4, -0.2) is 35.2 Å². The molecule has 1 aliphatic heterocycles. The van der Waals surface area contributed by atoms with E-state index in [1.165, 1.54) is 24.0 Å². The summed E-state index contributed by atoms with van der Waals surface area (Å²) >= 11 is 5.94. The second-order valence-corrected chi connectivity index (χ2v) is 6.34. The van der Waals surface area contributed by atoms with Crippen LogP contribution >= 0.6 is 11.6 Å². The van der Waals surface area contributed by atoms with Crippen molar-refractivity contribution < 1.29 is 5.11 Å². The monoisotopic (exact) mass is 291 g/mol. The fraction of sp³-hybridized carbons (Fsp3) is 0.529. The Morgan fingerprint density at radius 2 is 1.85 bits per heavy atom. The SMILES string of the molecule is OC1CCCCC1N1CC=C(c2ccc(Cl)cc2)CC1. The minimum atomic E-state index is -0.130. The van der Waals surface area contributed by atoms with Crippen LogP contribution in [0.15, 0.2) is 30.3 Å². The second-order valence-electron chi connectivity index (χ2n) is 5.90. The number of hydrogen-bond acceptors (Lipinski definition) is 2. The largest absolute Gasteiger partial charge is 0.391 e. The molecule has 1 N–H and O–H groups in total. The molecule has 0 aromatic heterocycles. The topological polar surface area (TPSA) is 23.5 Å². The van der Waals surface area contributed by atoms with Crippen LogP contribution in [0.3, 0.4) is 0 Å². The van der Waals surface area contributed by atoms with Crippen LogP contribution in [0, 0.1) is 0 Å². The Labute approximate surface area is 126 Å². The minimum Gasteiger partial charge on any atom is -0.391 e. The molecule has 0 spiro atoms. The van der Waals surface area contributed by atoms with Gasteiger partial charge in [-0.25, -0.2) is 0 Å². The van der Waals surface area contributed by atoms with Gasteiger partial charge in [-0.2, -0.15) is 0 Å². The fourth-order valence-corrected chi connectivity index (χ4v) is 3.56. The van der Waals surface area contributed by atoms with Gasteiger partial charge in [0, 0.05) is 24.2 Å². The van der Waals surface area contributed by atoms with E-state index in [0.717, 1.165) is 37.4 Å². The molecule has 1 aliphatic carbocycles.